The number of halogens is 1. The number of rotatable bonds is 6. The summed E-state index contributed by atoms with van der Waals surface area (Å²) in [6.07, 6.45) is 4.04. The summed E-state index contributed by atoms with van der Waals surface area (Å²) in [5.41, 5.74) is 0.286. The first-order valence-electron chi connectivity index (χ1n) is 6.21. The first-order valence-corrected chi connectivity index (χ1v) is 8.52. The number of aromatic nitrogens is 1. The van der Waals surface area contributed by atoms with Crippen LogP contribution in [0, 0.1) is 0 Å². The zero-order valence-corrected chi connectivity index (χ0v) is 12.9. The van der Waals surface area contributed by atoms with Gasteiger partial charge in [0.25, 0.3) is 15.0 Å². The van der Waals surface area contributed by atoms with Gasteiger partial charge in [-0.3, -0.25) is 4.79 Å². The first kappa shape index (κ1) is 16.0. The van der Waals surface area contributed by atoms with E-state index in [0.717, 1.165) is 19.3 Å². The lowest BCUT2D eigenvalue weighted by molar-refractivity contribution is 0.0925. The Morgan fingerprint density at radius 1 is 1.47 bits per heavy atom. The Morgan fingerprint density at radius 3 is 2.53 bits per heavy atom. The largest absolute Gasteiger partial charge is 0.348 e. The Kier molecular flexibility index (Phi) is 5.43. The van der Waals surface area contributed by atoms with E-state index in [1.165, 1.54) is 16.8 Å². The molecule has 0 radical (unpaired) electrons. The van der Waals surface area contributed by atoms with Crippen molar-refractivity contribution in [1.29, 1.82) is 0 Å². The van der Waals surface area contributed by atoms with E-state index in [9.17, 15) is 13.2 Å². The van der Waals surface area contributed by atoms with Crippen LogP contribution >= 0.6 is 10.7 Å². The van der Waals surface area contributed by atoms with Crippen LogP contribution in [0.5, 0.6) is 0 Å². The highest BCUT2D eigenvalue weighted by Gasteiger charge is 2.19. The average molecular weight is 307 g/mol. The van der Waals surface area contributed by atoms with Crippen LogP contribution in [-0.2, 0) is 16.1 Å². The number of aryl methyl sites for hydroxylation is 1. The molecule has 108 valence electrons. The van der Waals surface area contributed by atoms with Crippen LogP contribution in [0.15, 0.2) is 17.2 Å². The van der Waals surface area contributed by atoms with Crippen LogP contribution in [-0.4, -0.2) is 24.9 Å². The number of hydrogen-bond donors (Lipinski definition) is 1. The van der Waals surface area contributed by atoms with E-state index in [1.54, 1.807) is 7.05 Å². The molecule has 1 amide bonds. The van der Waals surface area contributed by atoms with Crippen LogP contribution in [0.4, 0.5) is 0 Å². The summed E-state index contributed by atoms with van der Waals surface area (Å²) in [4.78, 5) is 12.0. The maximum absolute atomic E-state index is 12.1. The van der Waals surface area contributed by atoms with Gasteiger partial charge in [0.15, 0.2) is 0 Å². The second-order valence-corrected chi connectivity index (χ2v) is 7.04. The van der Waals surface area contributed by atoms with Crippen LogP contribution in [0.25, 0.3) is 0 Å². The lowest BCUT2D eigenvalue weighted by Gasteiger charge is -2.16. The fourth-order valence-electron chi connectivity index (χ4n) is 1.88. The van der Waals surface area contributed by atoms with Gasteiger partial charge in [-0.1, -0.05) is 20.3 Å². The maximum Gasteiger partial charge on any atom is 0.268 e. The maximum atomic E-state index is 12.1. The minimum Gasteiger partial charge on any atom is -0.348 e. The molecule has 1 atom stereocenters. The minimum absolute atomic E-state index is 0.0645. The lowest BCUT2D eigenvalue weighted by atomic mass is 10.1. The van der Waals surface area contributed by atoms with Crippen molar-refractivity contribution >= 4 is 25.6 Å². The monoisotopic (exact) mass is 306 g/mol. The highest BCUT2D eigenvalue weighted by atomic mass is 35.7. The van der Waals surface area contributed by atoms with Gasteiger partial charge in [-0.2, -0.15) is 0 Å². The van der Waals surface area contributed by atoms with Crippen molar-refractivity contribution in [2.75, 3.05) is 0 Å². The molecule has 1 N–H and O–H groups in total. The van der Waals surface area contributed by atoms with Gasteiger partial charge in [-0.15, -0.1) is 0 Å². The van der Waals surface area contributed by atoms with Crippen molar-refractivity contribution < 1.29 is 13.2 Å². The molecule has 0 aliphatic heterocycles. The number of hydrogen-bond acceptors (Lipinski definition) is 3. The second-order valence-electron chi connectivity index (χ2n) is 4.48. The van der Waals surface area contributed by atoms with Crippen LogP contribution in [0.2, 0.25) is 0 Å². The molecule has 0 saturated carbocycles. The third-order valence-corrected chi connectivity index (χ3v) is 4.28. The van der Waals surface area contributed by atoms with E-state index in [0.29, 0.717) is 0 Å². The Bertz CT molecular complexity index is 551. The van der Waals surface area contributed by atoms with Crippen molar-refractivity contribution in [3.8, 4) is 0 Å². The normalized spacial score (nSPS) is 13.3. The van der Waals surface area contributed by atoms with Gasteiger partial charge in [0.05, 0.1) is 0 Å². The van der Waals surface area contributed by atoms with Gasteiger partial charge in [-0.25, -0.2) is 8.42 Å². The molecule has 1 aromatic heterocycles. The van der Waals surface area contributed by atoms with Crippen LogP contribution < -0.4 is 5.32 Å². The zero-order valence-electron chi connectivity index (χ0n) is 11.3. The van der Waals surface area contributed by atoms with Crippen molar-refractivity contribution in [2.24, 2.45) is 7.05 Å². The quantitative estimate of drug-likeness (QED) is 0.820. The van der Waals surface area contributed by atoms with E-state index in [4.69, 9.17) is 10.7 Å². The fourth-order valence-corrected chi connectivity index (χ4v) is 2.67. The Labute approximate surface area is 118 Å². The summed E-state index contributed by atoms with van der Waals surface area (Å²) in [5, 5.41) is 2.89. The standard InChI is InChI=1S/C12H19ClN2O3S/c1-4-6-9(5-2)14-12(16)11-7-10(8-15(11)3)19(13,17)18/h7-9H,4-6H2,1-3H3,(H,14,16). The van der Waals surface area contributed by atoms with E-state index in [2.05, 4.69) is 12.2 Å². The number of carbonyl (C=O) groups is 1. The van der Waals surface area contributed by atoms with E-state index >= 15 is 0 Å². The van der Waals surface area contributed by atoms with Crippen LogP contribution in [0.3, 0.4) is 0 Å². The summed E-state index contributed by atoms with van der Waals surface area (Å²) in [7, 11) is 3.06. The average Bonchev–Trinajstić information content (AvgIpc) is 2.70. The predicted octanol–water partition coefficient (Wildman–Crippen LogP) is 2.26. The highest BCUT2D eigenvalue weighted by Crippen LogP contribution is 2.18. The van der Waals surface area contributed by atoms with Gasteiger partial charge < -0.3 is 9.88 Å². The molecule has 0 fully saturated rings. The van der Waals surface area contributed by atoms with E-state index in [-0.39, 0.29) is 22.5 Å². The lowest BCUT2D eigenvalue weighted by Crippen LogP contribution is -2.35. The van der Waals surface area contributed by atoms with Crippen molar-refractivity contribution in [1.82, 2.24) is 9.88 Å². The highest BCUT2D eigenvalue weighted by molar-refractivity contribution is 8.13. The third kappa shape index (κ3) is 4.24. The molecule has 1 aromatic rings. The molecule has 0 saturated heterocycles. The topological polar surface area (TPSA) is 68.2 Å². The Morgan fingerprint density at radius 2 is 2.11 bits per heavy atom. The van der Waals surface area contributed by atoms with Gasteiger partial charge in [0.1, 0.15) is 10.6 Å². The summed E-state index contributed by atoms with van der Waals surface area (Å²) in [5.74, 6) is -0.283. The van der Waals surface area contributed by atoms with E-state index in [1.807, 2.05) is 6.92 Å². The van der Waals surface area contributed by atoms with Gasteiger partial charge >= 0.3 is 0 Å². The molecule has 0 aliphatic rings. The Hall–Kier alpha value is -1.01. The summed E-state index contributed by atoms with van der Waals surface area (Å²) >= 11 is 0. The molecular weight excluding hydrogens is 288 g/mol. The molecule has 5 nitrogen and oxygen atoms in total. The minimum atomic E-state index is -3.81. The Balaban J connectivity index is 2.91. The number of amides is 1. The van der Waals surface area contributed by atoms with Gasteiger partial charge in [0.2, 0.25) is 0 Å². The summed E-state index contributed by atoms with van der Waals surface area (Å²) < 4.78 is 23.9. The van der Waals surface area contributed by atoms with Crippen molar-refractivity contribution in [3.05, 3.63) is 18.0 Å². The molecule has 0 spiro atoms. The van der Waals surface area contributed by atoms with Crippen molar-refractivity contribution in [3.63, 3.8) is 0 Å². The van der Waals surface area contributed by atoms with Crippen molar-refractivity contribution in [2.45, 2.75) is 44.0 Å². The van der Waals surface area contributed by atoms with Crippen LogP contribution in [0.1, 0.15) is 43.6 Å². The first-order chi connectivity index (χ1) is 8.79. The number of carbonyl (C=O) groups excluding carboxylic acids is 1. The number of nitrogens with zero attached hydrogens (tertiary/aromatic N) is 1. The second kappa shape index (κ2) is 6.43. The molecule has 0 aliphatic carbocycles. The molecule has 1 unspecified atom stereocenters. The predicted molar refractivity (Wildman–Crippen MR) is 74.9 cm³/mol. The smallest absolute Gasteiger partial charge is 0.268 e. The molecular formula is C12H19ClN2O3S. The third-order valence-electron chi connectivity index (χ3n) is 2.96. The molecule has 19 heavy (non-hydrogen) atoms. The van der Waals surface area contributed by atoms with E-state index < -0.39 is 9.05 Å². The molecule has 1 rings (SSSR count). The summed E-state index contributed by atoms with van der Waals surface area (Å²) in [6, 6.07) is 1.39. The SMILES string of the molecule is CCCC(CC)NC(=O)c1cc(S(=O)(=O)Cl)cn1C. The molecule has 0 aromatic carbocycles. The fraction of sp³-hybridized carbons (Fsp3) is 0.583. The van der Waals surface area contributed by atoms with Gasteiger partial charge in [-0.05, 0) is 18.9 Å². The summed E-state index contributed by atoms with van der Waals surface area (Å²) in [6.45, 7) is 4.05. The number of nitrogens with one attached hydrogen (secondary N) is 1. The molecule has 1 heterocycles. The molecule has 0 bridgehead atoms. The molecule has 7 heteroatoms. The van der Waals surface area contributed by atoms with Gasteiger partial charge in [0, 0.05) is 30.0 Å². The zero-order chi connectivity index (χ0) is 14.6.